The lowest BCUT2D eigenvalue weighted by Gasteiger charge is -2.43. The van der Waals surface area contributed by atoms with Crippen LogP contribution in [0.4, 0.5) is 0 Å². The lowest BCUT2D eigenvalue weighted by Crippen LogP contribution is -2.61. The van der Waals surface area contributed by atoms with Crippen molar-refractivity contribution in [1.82, 2.24) is 14.6 Å². The topological polar surface area (TPSA) is 167 Å². The van der Waals surface area contributed by atoms with Gasteiger partial charge in [0.1, 0.15) is 12.6 Å². The average Bonchev–Trinajstić information content (AvgIpc) is 3.09. The van der Waals surface area contributed by atoms with Crippen LogP contribution in [0.15, 0.2) is 46.1 Å². The van der Waals surface area contributed by atoms with Gasteiger partial charge in [-0.2, -0.15) is 0 Å². The minimum absolute atomic E-state index is 0.000327. The number of nitrogens with zero attached hydrogens (tertiary/aromatic N) is 1. The molecule has 1 saturated carbocycles. The normalized spacial score (nSPS) is 26.6. The monoisotopic (exact) mass is 510 g/mol. The number of H-pyrrole nitrogens is 1. The number of ether oxygens (including phenoxy) is 2. The number of aliphatic hydroxyl groups is 1. The Morgan fingerprint density at radius 2 is 2.06 bits per heavy atom. The number of nitrogens with one attached hydrogen (secondary N) is 2. The average molecular weight is 510 g/mol. The number of hydrogen-bond acceptors (Lipinski definition) is 10. The summed E-state index contributed by atoms with van der Waals surface area (Å²) in [5.74, 6) is -0.738. The van der Waals surface area contributed by atoms with Crippen molar-refractivity contribution < 1.29 is 38.2 Å². The van der Waals surface area contributed by atoms with Crippen molar-refractivity contribution >= 4 is 14.1 Å². The Morgan fingerprint density at radius 3 is 2.69 bits per heavy atom. The van der Waals surface area contributed by atoms with Crippen molar-refractivity contribution in [3.63, 3.8) is 0 Å². The number of methoxy groups -OCH3 is 1. The predicted octanol–water partition coefficient (Wildman–Crippen LogP) is 0.425. The van der Waals surface area contributed by atoms with E-state index < -0.39 is 55.1 Å². The zero-order chi connectivity index (χ0) is 25.2. The highest BCUT2D eigenvalue weighted by molar-refractivity contribution is 7.37. The summed E-state index contributed by atoms with van der Waals surface area (Å²) in [6.07, 6.45) is 0.355. The first-order chi connectivity index (χ1) is 16.8. The number of carbonyl (C=O) groups excluding carboxylic acids is 1. The fourth-order valence-corrected chi connectivity index (χ4v) is 5.05. The number of aliphatic hydroxyl groups excluding tert-OH is 1. The predicted molar refractivity (Wildman–Crippen MR) is 119 cm³/mol. The third kappa shape index (κ3) is 4.86. The van der Waals surface area contributed by atoms with Gasteiger partial charge in [0.2, 0.25) is 5.75 Å². The van der Waals surface area contributed by atoms with Crippen LogP contribution in [0.25, 0.3) is 0 Å². The summed E-state index contributed by atoms with van der Waals surface area (Å²) in [5.41, 5.74) is -2.42. The second kappa shape index (κ2) is 10.3. The number of para-hydroxylation sites is 2. The van der Waals surface area contributed by atoms with Gasteiger partial charge >= 0.3 is 19.8 Å². The third-order valence-electron chi connectivity index (χ3n) is 6.07. The first-order valence-electron chi connectivity index (χ1n) is 10.8. The summed E-state index contributed by atoms with van der Waals surface area (Å²) in [4.78, 5) is 48.9. The van der Waals surface area contributed by atoms with E-state index in [2.05, 4.69) is 14.8 Å². The molecular formula is C21H25N3O10P+. The molecule has 1 aliphatic carbocycles. The summed E-state index contributed by atoms with van der Waals surface area (Å²) in [5, 5.41) is 13.5. The van der Waals surface area contributed by atoms with Crippen LogP contribution in [0, 0.1) is 5.92 Å². The number of carbonyl (C=O) groups is 1. The Hall–Kier alpha value is -3.09. The van der Waals surface area contributed by atoms with Gasteiger partial charge < -0.3 is 19.6 Å². The Morgan fingerprint density at radius 1 is 1.34 bits per heavy atom. The molecule has 4 rings (SSSR count). The molecule has 1 spiro atoms. The third-order valence-corrected chi connectivity index (χ3v) is 7.03. The molecule has 1 aromatic heterocycles. The van der Waals surface area contributed by atoms with Gasteiger partial charge in [0, 0.05) is 22.7 Å². The van der Waals surface area contributed by atoms with Crippen molar-refractivity contribution in [3.8, 4) is 11.5 Å². The van der Waals surface area contributed by atoms with Crippen molar-refractivity contribution in [1.29, 1.82) is 0 Å². The van der Waals surface area contributed by atoms with Crippen LogP contribution >= 0.6 is 8.18 Å². The van der Waals surface area contributed by atoms with E-state index in [0.29, 0.717) is 0 Å². The smallest absolute Gasteiger partial charge is 0.489 e. The fourth-order valence-electron chi connectivity index (χ4n) is 4.25. The van der Waals surface area contributed by atoms with E-state index in [0.717, 1.165) is 4.57 Å². The van der Waals surface area contributed by atoms with Crippen LogP contribution in [0.2, 0.25) is 0 Å². The van der Waals surface area contributed by atoms with Crippen LogP contribution in [0.5, 0.6) is 11.5 Å². The summed E-state index contributed by atoms with van der Waals surface area (Å²) in [6, 6.07) is 6.05. The molecule has 0 radical (unpaired) electrons. The number of benzene rings is 1. The first-order valence-corrected chi connectivity index (χ1v) is 11.9. The van der Waals surface area contributed by atoms with E-state index in [9.17, 15) is 24.1 Å². The molecule has 2 aliphatic rings. The molecule has 6 atom stereocenters. The van der Waals surface area contributed by atoms with E-state index >= 15 is 0 Å². The highest BCUT2D eigenvalue weighted by atomic mass is 31.1. The van der Waals surface area contributed by atoms with Gasteiger partial charge in [0.15, 0.2) is 11.4 Å². The van der Waals surface area contributed by atoms with Crippen molar-refractivity contribution in [2.75, 3.05) is 20.3 Å². The zero-order valence-electron chi connectivity index (χ0n) is 18.9. The van der Waals surface area contributed by atoms with Gasteiger partial charge in [-0.25, -0.2) is 19.1 Å². The maximum absolute atomic E-state index is 12.4. The Balaban J connectivity index is 1.47. The second-order valence-electron chi connectivity index (χ2n) is 8.23. The Bertz CT molecular complexity index is 1180. The van der Waals surface area contributed by atoms with Crippen LogP contribution < -0.4 is 25.6 Å². The molecule has 0 amide bonds. The largest absolute Gasteiger partial charge is 0.664 e. The van der Waals surface area contributed by atoms with E-state index in [1.54, 1.807) is 18.2 Å². The number of hydrogen-bond donors (Lipinski definition) is 3. The zero-order valence-corrected chi connectivity index (χ0v) is 19.8. The summed E-state index contributed by atoms with van der Waals surface area (Å²) in [7, 11) is -1.26. The van der Waals surface area contributed by atoms with Gasteiger partial charge in [-0.1, -0.05) is 17.2 Å². The van der Waals surface area contributed by atoms with Crippen molar-refractivity contribution in [2.45, 2.75) is 37.1 Å². The van der Waals surface area contributed by atoms with Crippen molar-refractivity contribution in [2.24, 2.45) is 5.92 Å². The number of aromatic amines is 1. The van der Waals surface area contributed by atoms with Crippen molar-refractivity contribution in [3.05, 3.63) is 57.4 Å². The highest BCUT2D eigenvalue weighted by Gasteiger charge is 2.63. The standard InChI is InChI=1S/C21H24N3O10P/c1-12(19(27)30-2)23-35(29)33-15-6-4-3-5-14(15)31-10-13-9-16(21(18(13)26)11-32-34-21)24-17(25)7-8-22-20(24)28/h3-8,12-13,16,18,26H,9-11H2,1-2H3,(H-,22,23,25,28,29)/p+1/t12-,13+,16+,18+,21-/m0/s1. The van der Waals surface area contributed by atoms with Gasteiger partial charge in [-0.3, -0.25) is 14.2 Å². The highest BCUT2D eigenvalue weighted by Crippen LogP contribution is 2.49. The molecule has 2 aromatic rings. The van der Waals surface area contributed by atoms with Crippen LogP contribution in [-0.4, -0.2) is 58.7 Å². The molecule has 3 N–H and O–H groups in total. The maximum Gasteiger partial charge on any atom is 0.664 e. The Kier molecular flexibility index (Phi) is 7.33. The molecule has 2 fully saturated rings. The van der Waals surface area contributed by atoms with E-state index in [1.807, 2.05) is 0 Å². The van der Waals surface area contributed by atoms with Crippen LogP contribution in [0.1, 0.15) is 19.4 Å². The first kappa shape index (κ1) is 25.0. The summed E-state index contributed by atoms with van der Waals surface area (Å²) < 4.78 is 29.2. The molecule has 14 heteroatoms. The minimum atomic E-state index is -2.48. The maximum atomic E-state index is 12.4. The molecule has 1 aromatic carbocycles. The van der Waals surface area contributed by atoms with Gasteiger partial charge in [-0.05, 0) is 25.5 Å². The SMILES string of the molecule is COC(=O)[C@H](C)N[P+](=O)Oc1ccccc1OC[C@H]1C[C@@H](n2c(=O)cc[nH]c2=O)[C@@]2(COO2)[C@@H]1O. The fraction of sp³-hybridized carbons (Fsp3) is 0.476. The Labute approximate surface area is 199 Å². The summed E-state index contributed by atoms with van der Waals surface area (Å²) in [6.45, 7) is 1.46. The van der Waals surface area contributed by atoms with E-state index in [1.165, 1.54) is 32.4 Å². The molecular weight excluding hydrogens is 485 g/mol. The molecule has 188 valence electrons. The van der Waals surface area contributed by atoms with Gasteiger partial charge in [0.05, 0.1) is 25.9 Å². The van der Waals surface area contributed by atoms with E-state index in [4.69, 9.17) is 19.0 Å². The number of aromatic nitrogens is 2. The van der Waals surface area contributed by atoms with E-state index in [-0.39, 0.29) is 31.1 Å². The molecule has 1 saturated heterocycles. The number of rotatable bonds is 9. The number of esters is 1. The molecule has 1 aliphatic heterocycles. The minimum Gasteiger partial charge on any atom is -0.489 e. The second-order valence-corrected chi connectivity index (χ2v) is 9.18. The molecule has 2 heterocycles. The van der Waals surface area contributed by atoms with Gasteiger partial charge in [0.25, 0.3) is 5.56 Å². The van der Waals surface area contributed by atoms with Gasteiger partial charge in [-0.15, -0.1) is 0 Å². The molecule has 35 heavy (non-hydrogen) atoms. The lowest BCUT2D eigenvalue weighted by atomic mass is 9.93. The quantitative estimate of drug-likeness (QED) is 0.243. The molecule has 1 unspecified atom stereocenters. The lowest BCUT2D eigenvalue weighted by molar-refractivity contribution is -0.491. The summed E-state index contributed by atoms with van der Waals surface area (Å²) >= 11 is 0. The molecule has 0 bridgehead atoms. The molecule has 13 nitrogen and oxygen atoms in total. The van der Waals surface area contributed by atoms with Crippen LogP contribution in [-0.2, 0) is 23.9 Å². The van der Waals surface area contributed by atoms with Crippen LogP contribution in [0.3, 0.4) is 0 Å².